The Morgan fingerprint density at radius 1 is 0.958 bits per heavy atom. The van der Waals surface area contributed by atoms with Crippen molar-refractivity contribution < 1.29 is 9.52 Å². The van der Waals surface area contributed by atoms with Crippen LogP contribution in [0.4, 0.5) is 0 Å². The molecule has 3 heteroatoms. The van der Waals surface area contributed by atoms with Crippen molar-refractivity contribution in [3.8, 4) is 11.3 Å². The zero-order valence-electron chi connectivity index (χ0n) is 15.1. The predicted molar refractivity (Wildman–Crippen MR) is 99.9 cm³/mol. The number of benzene rings is 1. The second-order valence-corrected chi connectivity index (χ2v) is 6.51. The summed E-state index contributed by atoms with van der Waals surface area (Å²) in [6.07, 6.45) is 7.50. The van der Waals surface area contributed by atoms with Crippen LogP contribution in [0.25, 0.3) is 11.3 Å². The summed E-state index contributed by atoms with van der Waals surface area (Å²) in [5, 5.41) is 13.0. The van der Waals surface area contributed by atoms with Gasteiger partial charge in [0.25, 0.3) is 0 Å². The fourth-order valence-corrected chi connectivity index (χ4v) is 2.80. The van der Waals surface area contributed by atoms with E-state index in [1.165, 1.54) is 38.5 Å². The Kier molecular flexibility index (Phi) is 8.06. The van der Waals surface area contributed by atoms with E-state index in [1.807, 2.05) is 36.4 Å². The molecule has 3 nitrogen and oxygen atoms in total. The van der Waals surface area contributed by atoms with Crippen LogP contribution in [-0.4, -0.2) is 11.7 Å². The molecule has 0 unspecified atom stereocenters. The molecule has 0 amide bonds. The second-order valence-electron chi connectivity index (χ2n) is 6.51. The number of aliphatic hydroxyl groups excluding tert-OH is 1. The maximum Gasteiger partial charge on any atom is 0.134 e. The molecule has 0 aliphatic heterocycles. The Morgan fingerprint density at radius 3 is 2.38 bits per heavy atom. The minimum atomic E-state index is -0.433. The predicted octanol–water partition coefficient (Wildman–Crippen LogP) is 5.45. The molecule has 1 atom stereocenters. The molecular weight excluding hydrogens is 298 g/mol. The fourth-order valence-electron chi connectivity index (χ4n) is 2.80. The molecule has 0 aliphatic rings. The van der Waals surface area contributed by atoms with Gasteiger partial charge in [-0.05, 0) is 37.6 Å². The van der Waals surface area contributed by atoms with E-state index < -0.39 is 6.10 Å². The third kappa shape index (κ3) is 6.14. The lowest BCUT2D eigenvalue weighted by molar-refractivity contribution is 0.199. The standard InChI is InChI=1S/C21H31NO2/c1-3-4-5-6-7-8-15-22-16-20-13-14-21(24-20)19-11-9-18(10-12-19)17(2)23/h9-14,17,22-23H,3-8,15-16H2,1-2H3/t17-/m1/s1. The molecule has 132 valence electrons. The molecule has 0 spiro atoms. The van der Waals surface area contributed by atoms with Crippen molar-refractivity contribution in [2.45, 2.75) is 65.0 Å². The third-order valence-electron chi connectivity index (χ3n) is 4.35. The molecule has 0 saturated carbocycles. The van der Waals surface area contributed by atoms with Gasteiger partial charge in [0.15, 0.2) is 0 Å². The summed E-state index contributed by atoms with van der Waals surface area (Å²) in [5.41, 5.74) is 1.97. The molecule has 1 aromatic heterocycles. The molecule has 2 N–H and O–H groups in total. The van der Waals surface area contributed by atoms with Gasteiger partial charge in [-0.25, -0.2) is 0 Å². The van der Waals surface area contributed by atoms with Crippen LogP contribution in [0, 0.1) is 0 Å². The van der Waals surface area contributed by atoms with Gasteiger partial charge in [-0.2, -0.15) is 0 Å². The quantitative estimate of drug-likeness (QED) is 0.539. The maximum atomic E-state index is 9.56. The van der Waals surface area contributed by atoms with E-state index in [9.17, 15) is 5.11 Å². The van der Waals surface area contributed by atoms with Crippen LogP contribution in [0.2, 0.25) is 0 Å². The molecule has 1 heterocycles. The zero-order valence-corrected chi connectivity index (χ0v) is 15.1. The van der Waals surface area contributed by atoms with E-state index in [2.05, 4.69) is 12.2 Å². The van der Waals surface area contributed by atoms with Crippen LogP contribution in [0.3, 0.4) is 0 Å². The van der Waals surface area contributed by atoms with E-state index in [0.29, 0.717) is 0 Å². The van der Waals surface area contributed by atoms with Crippen molar-refractivity contribution in [1.82, 2.24) is 5.32 Å². The van der Waals surface area contributed by atoms with Crippen molar-refractivity contribution in [2.24, 2.45) is 0 Å². The van der Waals surface area contributed by atoms with Gasteiger partial charge in [0.1, 0.15) is 11.5 Å². The fraction of sp³-hybridized carbons (Fsp3) is 0.524. The molecule has 0 saturated heterocycles. The molecule has 2 aromatic rings. The highest BCUT2D eigenvalue weighted by Crippen LogP contribution is 2.24. The number of nitrogens with one attached hydrogen (secondary N) is 1. The Bertz CT molecular complexity index is 572. The van der Waals surface area contributed by atoms with Crippen LogP contribution in [0.1, 0.15) is 69.8 Å². The summed E-state index contributed by atoms with van der Waals surface area (Å²) in [5.74, 6) is 1.85. The number of aliphatic hydroxyl groups is 1. The highest BCUT2D eigenvalue weighted by Gasteiger charge is 2.06. The third-order valence-corrected chi connectivity index (χ3v) is 4.35. The van der Waals surface area contributed by atoms with Gasteiger partial charge in [-0.15, -0.1) is 0 Å². The number of unbranched alkanes of at least 4 members (excludes halogenated alkanes) is 5. The lowest BCUT2D eigenvalue weighted by atomic mass is 10.1. The number of hydrogen-bond donors (Lipinski definition) is 2. The highest BCUT2D eigenvalue weighted by atomic mass is 16.3. The van der Waals surface area contributed by atoms with Crippen molar-refractivity contribution in [2.75, 3.05) is 6.54 Å². The van der Waals surface area contributed by atoms with E-state index in [0.717, 1.165) is 35.7 Å². The molecule has 0 bridgehead atoms. The first-order valence-corrected chi connectivity index (χ1v) is 9.28. The summed E-state index contributed by atoms with van der Waals surface area (Å²) in [7, 11) is 0. The van der Waals surface area contributed by atoms with Crippen LogP contribution in [-0.2, 0) is 6.54 Å². The average Bonchev–Trinajstić information content (AvgIpc) is 3.06. The smallest absolute Gasteiger partial charge is 0.134 e. The molecule has 24 heavy (non-hydrogen) atoms. The van der Waals surface area contributed by atoms with E-state index >= 15 is 0 Å². The SMILES string of the molecule is CCCCCCCCNCc1ccc(-c2ccc([C@@H](C)O)cc2)o1. The second kappa shape index (κ2) is 10.3. The molecule has 1 aromatic carbocycles. The summed E-state index contributed by atoms with van der Waals surface area (Å²) in [6, 6.07) is 11.9. The highest BCUT2D eigenvalue weighted by molar-refractivity contribution is 5.58. The van der Waals surface area contributed by atoms with E-state index in [-0.39, 0.29) is 0 Å². The first-order valence-electron chi connectivity index (χ1n) is 9.28. The van der Waals surface area contributed by atoms with Crippen molar-refractivity contribution in [1.29, 1.82) is 0 Å². The summed E-state index contributed by atoms with van der Waals surface area (Å²) in [4.78, 5) is 0. The van der Waals surface area contributed by atoms with Gasteiger partial charge in [0.05, 0.1) is 12.6 Å². The van der Waals surface area contributed by atoms with Crippen LogP contribution in [0.5, 0.6) is 0 Å². The minimum Gasteiger partial charge on any atom is -0.460 e. The molecule has 0 fully saturated rings. The first-order chi connectivity index (χ1) is 11.7. The van der Waals surface area contributed by atoms with Crippen LogP contribution < -0.4 is 5.32 Å². The van der Waals surface area contributed by atoms with Crippen molar-refractivity contribution in [3.05, 3.63) is 47.7 Å². The van der Waals surface area contributed by atoms with Gasteiger partial charge < -0.3 is 14.8 Å². The lowest BCUT2D eigenvalue weighted by Crippen LogP contribution is -2.14. The van der Waals surface area contributed by atoms with Gasteiger partial charge in [0.2, 0.25) is 0 Å². The Balaban J connectivity index is 1.71. The van der Waals surface area contributed by atoms with Gasteiger partial charge in [-0.3, -0.25) is 0 Å². The molecular formula is C21H31NO2. The molecule has 0 radical (unpaired) electrons. The monoisotopic (exact) mass is 329 g/mol. The van der Waals surface area contributed by atoms with Crippen LogP contribution >= 0.6 is 0 Å². The first kappa shape index (κ1) is 18.8. The van der Waals surface area contributed by atoms with Crippen LogP contribution in [0.15, 0.2) is 40.8 Å². The number of furan rings is 1. The van der Waals surface area contributed by atoms with Gasteiger partial charge in [-0.1, -0.05) is 63.3 Å². The number of hydrogen-bond acceptors (Lipinski definition) is 3. The summed E-state index contributed by atoms with van der Waals surface area (Å²) >= 11 is 0. The van der Waals surface area contributed by atoms with Crippen molar-refractivity contribution >= 4 is 0 Å². The zero-order chi connectivity index (χ0) is 17.2. The van der Waals surface area contributed by atoms with Gasteiger partial charge >= 0.3 is 0 Å². The maximum absolute atomic E-state index is 9.56. The molecule has 0 aliphatic carbocycles. The Morgan fingerprint density at radius 2 is 1.67 bits per heavy atom. The van der Waals surface area contributed by atoms with Gasteiger partial charge in [0, 0.05) is 5.56 Å². The lowest BCUT2D eigenvalue weighted by Gasteiger charge is -2.05. The topological polar surface area (TPSA) is 45.4 Å². The summed E-state index contributed by atoms with van der Waals surface area (Å²) in [6.45, 7) is 5.85. The summed E-state index contributed by atoms with van der Waals surface area (Å²) < 4.78 is 5.90. The van der Waals surface area contributed by atoms with E-state index in [1.54, 1.807) is 6.92 Å². The Labute approximate surface area is 146 Å². The van der Waals surface area contributed by atoms with Crippen molar-refractivity contribution in [3.63, 3.8) is 0 Å². The largest absolute Gasteiger partial charge is 0.460 e. The number of rotatable bonds is 11. The molecule has 2 rings (SSSR count). The minimum absolute atomic E-state index is 0.433. The normalized spacial score (nSPS) is 12.5. The average molecular weight is 329 g/mol. The Hall–Kier alpha value is -1.58. The van der Waals surface area contributed by atoms with E-state index in [4.69, 9.17) is 4.42 Å².